The summed E-state index contributed by atoms with van der Waals surface area (Å²) in [7, 11) is 0. The number of nitrogens with one attached hydrogen (secondary N) is 3. The molecule has 0 unspecified atom stereocenters. The van der Waals surface area contributed by atoms with Gasteiger partial charge >= 0.3 is 115 Å². The summed E-state index contributed by atoms with van der Waals surface area (Å²) in [6.07, 6.45) is 12.7. The molecule has 68 heavy (non-hydrogen) atoms. The number of nitrogens with two attached hydrogens (primary N) is 1. The third-order valence-corrected chi connectivity index (χ3v) is 10.5. The Labute approximate surface area is 524 Å². The van der Waals surface area contributed by atoms with Crippen LogP contribution in [0.5, 0.6) is 0 Å². The monoisotopic (exact) mass is 1100 g/mol. The van der Waals surface area contributed by atoms with Gasteiger partial charge in [0.2, 0.25) is 0 Å². The Morgan fingerprint density at radius 1 is 0.765 bits per heavy atom. The molecule has 6 rings (SSSR count). The summed E-state index contributed by atoms with van der Waals surface area (Å²) in [4.78, 5) is 44.0. The number of carbonyl (C=O) groups excluding carboxylic acids is 3. The van der Waals surface area contributed by atoms with Gasteiger partial charge in [0.1, 0.15) is 22.2 Å². The van der Waals surface area contributed by atoms with Crippen LogP contribution in [0.25, 0.3) is 11.3 Å². The van der Waals surface area contributed by atoms with Gasteiger partial charge in [0.25, 0.3) is 6.47 Å². The van der Waals surface area contributed by atoms with E-state index >= 15 is 0 Å². The van der Waals surface area contributed by atoms with Crippen molar-refractivity contribution in [1.29, 1.82) is 0 Å². The molecule has 0 aliphatic heterocycles. The number of aromatic nitrogens is 6. The maximum absolute atomic E-state index is 12.0. The molecule has 5 N–H and O–H groups in total. The van der Waals surface area contributed by atoms with Crippen molar-refractivity contribution in [3.05, 3.63) is 53.2 Å². The van der Waals surface area contributed by atoms with E-state index in [0.717, 1.165) is 92.7 Å². The summed E-state index contributed by atoms with van der Waals surface area (Å²) in [6, 6.07) is 8.70. The van der Waals surface area contributed by atoms with Gasteiger partial charge in [-0.25, -0.2) is 24.1 Å². The standard InChI is InChI=1S/C21H33N5O2.C11H14ClN3.C10H20N2O2.CH2O3.CH4.2K.4H2S.H/c1-6-14(7-2)17-13-19(26-18(25-17)10-11-22-26)23-15-8-9-16(12-15)24-20(27)28-21(3,4)5;1-3-8(4-2)9-7-10(12)15-11(14-9)5-6-13-15;1-10(2,3)14-9(13)12-8-5-4-7(11)6-8;2-1-4-3;;;;;;;;/h10-11,13-16,23H,6-9,12H2,1-5H3,(H,24,27);5-8H,3-4H2,1-2H3;7-8H,4-6,11H2,1-3H3,(H,12,13);1,3H;1H4;;;4*1H2;/q;;;;;2*+1;;;;;-1/p-1/t15-,16-;;7-,8-;;;;;;;;;/m0.0........./s1. The first kappa shape index (κ1) is 76.8. The van der Waals surface area contributed by atoms with E-state index in [2.05, 4.69) is 69.8 Å². The van der Waals surface area contributed by atoms with Gasteiger partial charge in [0.15, 0.2) is 11.3 Å². The molecular formula is C44H81ClK2N10O7S4. The second-order valence-electron chi connectivity index (χ2n) is 17.4. The SMILES string of the molecule is C.CC(C)(C)OC(=O)N[C@H]1CC[C@H](N)C1.CCC(CC)c1cc(Cl)n2nccc2n1.CCC(CC)c1cc(N[C@H]2CC[C@H](NC(=O)OC(C)(C)C)C2)n2nccc2n1.O=CO[O-].S.S.S.S.[H-].[K+].[K+]. The molecule has 4 aromatic heterocycles. The number of ether oxygens (including phenoxy) is 2. The fraction of sp³-hybridized carbons (Fsp3) is 0.659. The third kappa shape index (κ3) is 27.3. The number of rotatable bonds is 11. The fourth-order valence-electron chi connectivity index (χ4n) is 7.31. The number of alkyl carbamates (subject to hydrolysis) is 2. The second kappa shape index (κ2) is 38.5. The molecule has 4 aromatic rings. The van der Waals surface area contributed by atoms with E-state index in [1.807, 2.05) is 64.3 Å². The topological polar surface area (TPSA) is 224 Å². The molecule has 4 atom stereocenters. The van der Waals surface area contributed by atoms with Crippen LogP contribution in [-0.2, 0) is 19.2 Å². The van der Waals surface area contributed by atoms with Gasteiger partial charge in [-0.2, -0.15) is 68.7 Å². The van der Waals surface area contributed by atoms with Crippen LogP contribution in [0.3, 0.4) is 0 Å². The zero-order valence-electron chi connectivity index (χ0n) is 42.6. The zero-order valence-corrected chi connectivity index (χ0v) is 52.6. The Hall–Kier alpha value is -0.0673. The Morgan fingerprint density at radius 3 is 1.57 bits per heavy atom. The van der Waals surface area contributed by atoms with Gasteiger partial charge in [0.05, 0.1) is 12.4 Å². The number of fused-ring (bicyclic) bond motifs is 2. The van der Waals surface area contributed by atoms with Crippen LogP contribution in [0.4, 0.5) is 15.4 Å². The molecule has 2 aliphatic carbocycles. The van der Waals surface area contributed by atoms with Gasteiger partial charge in [-0.3, -0.25) is 4.79 Å². The van der Waals surface area contributed by atoms with E-state index in [-0.39, 0.29) is 208 Å². The molecule has 0 radical (unpaired) electrons. The molecule has 0 aromatic carbocycles. The first-order chi connectivity index (χ1) is 28.8. The molecule has 17 nitrogen and oxygen atoms in total. The molecule has 0 saturated heterocycles. The van der Waals surface area contributed by atoms with E-state index in [9.17, 15) is 9.59 Å². The number of amides is 2. The molecule has 0 spiro atoms. The van der Waals surface area contributed by atoms with Crippen molar-refractivity contribution < 1.29 is 138 Å². The van der Waals surface area contributed by atoms with Crippen LogP contribution in [0.2, 0.25) is 5.15 Å². The largest absolute Gasteiger partial charge is 1.00 e. The first-order valence-corrected chi connectivity index (χ1v) is 21.8. The van der Waals surface area contributed by atoms with Crippen LogP contribution in [0, 0.1) is 0 Å². The minimum atomic E-state index is -0.478. The summed E-state index contributed by atoms with van der Waals surface area (Å²) < 4.78 is 14.0. The molecule has 0 bridgehead atoms. The first-order valence-electron chi connectivity index (χ1n) is 21.4. The van der Waals surface area contributed by atoms with Crippen LogP contribution < -0.4 is 130 Å². The quantitative estimate of drug-likeness (QED) is 0.0559. The minimum Gasteiger partial charge on any atom is -1.00 e. The van der Waals surface area contributed by atoms with E-state index < -0.39 is 11.2 Å². The molecule has 2 aliphatic rings. The molecular weight excluding hydrogens is 1020 g/mol. The van der Waals surface area contributed by atoms with Gasteiger partial charge in [-0.05, 0) is 112 Å². The average Bonchev–Trinajstić information content (AvgIpc) is 4.01. The molecule has 382 valence electrons. The fourth-order valence-corrected chi connectivity index (χ4v) is 7.55. The van der Waals surface area contributed by atoms with E-state index in [0.29, 0.717) is 17.0 Å². The molecule has 2 fully saturated rings. The third-order valence-electron chi connectivity index (χ3n) is 10.3. The van der Waals surface area contributed by atoms with Crippen molar-refractivity contribution in [1.82, 2.24) is 39.8 Å². The van der Waals surface area contributed by atoms with E-state index in [1.165, 1.54) is 0 Å². The minimum absolute atomic E-state index is 0. The van der Waals surface area contributed by atoms with Gasteiger partial charge in [-0.1, -0.05) is 46.7 Å². The maximum atomic E-state index is 12.0. The molecule has 24 heteroatoms. The Balaban J connectivity index is -0.000000209. The predicted octanol–water partition coefficient (Wildman–Crippen LogP) is 2.81. The van der Waals surface area contributed by atoms with Crippen LogP contribution in [0.1, 0.15) is 166 Å². The van der Waals surface area contributed by atoms with Crippen molar-refractivity contribution in [2.45, 2.75) is 188 Å². The number of halogens is 1. The normalized spacial score (nSPS) is 16.7. The van der Waals surface area contributed by atoms with E-state index in [4.69, 9.17) is 41.8 Å². The average molecular weight is 1100 g/mol. The number of carbonyl (C=O) groups is 3. The summed E-state index contributed by atoms with van der Waals surface area (Å²) in [5.41, 5.74) is 8.71. The second-order valence-corrected chi connectivity index (χ2v) is 17.8. The molecule has 4 heterocycles. The Bertz CT molecular complexity index is 2000. The van der Waals surface area contributed by atoms with Crippen molar-refractivity contribution in [2.24, 2.45) is 5.73 Å². The van der Waals surface area contributed by atoms with Crippen molar-refractivity contribution >= 4 is 101 Å². The maximum Gasteiger partial charge on any atom is 1.00 e. The number of hydrogen-bond acceptors (Lipinski definition) is 13. The summed E-state index contributed by atoms with van der Waals surface area (Å²) in [5, 5.41) is 27.0. The molecule has 2 saturated carbocycles. The van der Waals surface area contributed by atoms with Crippen molar-refractivity contribution in [3.8, 4) is 0 Å². The molecule has 2 amide bonds. The number of nitrogens with zero attached hydrogens (tertiary/aromatic N) is 6. The van der Waals surface area contributed by atoms with Crippen LogP contribution >= 0.6 is 65.6 Å². The zero-order chi connectivity index (χ0) is 45.3. The van der Waals surface area contributed by atoms with Crippen molar-refractivity contribution in [2.75, 3.05) is 5.32 Å². The Morgan fingerprint density at radius 2 is 1.16 bits per heavy atom. The number of hydrogen-bond donors (Lipinski definition) is 4. The van der Waals surface area contributed by atoms with Gasteiger partial charge in [0, 0.05) is 65.6 Å². The summed E-state index contributed by atoms with van der Waals surface area (Å²) in [6.45, 7) is 19.8. The summed E-state index contributed by atoms with van der Waals surface area (Å²) >= 11 is 6.12. The van der Waals surface area contributed by atoms with Gasteiger partial charge < -0.3 is 42.7 Å². The van der Waals surface area contributed by atoms with Crippen molar-refractivity contribution in [3.63, 3.8) is 0 Å². The van der Waals surface area contributed by atoms with Crippen LogP contribution in [0.15, 0.2) is 36.7 Å². The smallest absolute Gasteiger partial charge is 1.00 e. The van der Waals surface area contributed by atoms with E-state index in [1.54, 1.807) is 16.9 Å². The Kier molecular flexibility index (Phi) is 43.5. The predicted molar refractivity (Wildman–Crippen MR) is 284 cm³/mol. The van der Waals surface area contributed by atoms with Crippen LogP contribution in [-0.4, -0.2) is 83.2 Å². The van der Waals surface area contributed by atoms with Gasteiger partial charge in [-0.15, -0.1) is 0 Å². The summed E-state index contributed by atoms with van der Waals surface area (Å²) in [5.74, 6) is 1.91. The number of anilines is 1.